The van der Waals surface area contributed by atoms with Crippen molar-refractivity contribution in [2.75, 3.05) is 13.1 Å². The van der Waals surface area contributed by atoms with E-state index >= 15 is 0 Å². The lowest BCUT2D eigenvalue weighted by molar-refractivity contribution is -0.142. The summed E-state index contributed by atoms with van der Waals surface area (Å²) < 4.78 is 5.45. The van der Waals surface area contributed by atoms with Gasteiger partial charge < -0.3 is 25.4 Å². The van der Waals surface area contributed by atoms with Crippen molar-refractivity contribution >= 4 is 17.9 Å². The van der Waals surface area contributed by atoms with Gasteiger partial charge in [-0.05, 0) is 69.0 Å². The fraction of sp³-hybridized carbons (Fsp3) is 0.469. The normalized spacial score (nSPS) is 12.5. The Morgan fingerprint density at radius 2 is 1.65 bits per heavy atom. The fourth-order valence-corrected chi connectivity index (χ4v) is 4.24. The van der Waals surface area contributed by atoms with Gasteiger partial charge in [0.25, 0.3) is 0 Å². The Bertz CT molecular complexity index is 1150. The molecule has 0 aliphatic carbocycles. The van der Waals surface area contributed by atoms with Gasteiger partial charge in [-0.25, -0.2) is 4.79 Å². The Morgan fingerprint density at radius 3 is 2.20 bits per heavy atom. The molecule has 0 saturated carbocycles. The zero-order chi connectivity index (χ0) is 29.7. The van der Waals surface area contributed by atoms with Gasteiger partial charge in [0, 0.05) is 25.1 Å². The number of hydrogen-bond acceptors (Lipinski definition) is 5. The highest BCUT2D eigenvalue weighted by molar-refractivity contribution is 5.92. The third-order valence-corrected chi connectivity index (χ3v) is 6.15. The molecule has 3 amide bonds. The van der Waals surface area contributed by atoms with Gasteiger partial charge in [0.05, 0.1) is 0 Å². The highest BCUT2D eigenvalue weighted by atomic mass is 16.6. The number of carbonyl (C=O) groups excluding carboxylic acids is 3. The SMILES string of the molecule is C#Cc1ccc(C(C(=O)NCCCCC)N(CCC)C(=O)C(Cc2ccc(O)cc2)NC(=O)OC(C)(C)C)cc1. The molecular weight excluding hydrogens is 506 g/mol. The molecule has 2 unspecified atom stereocenters. The van der Waals surface area contributed by atoms with E-state index in [9.17, 15) is 19.5 Å². The van der Waals surface area contributed by atoms with Crippen molar-refractivity contribution in [3.8, 4) is 18.1 Å². The predicted octanol–water partition coefficient (Wildman–Crippen LogP) is 5.10. The Balaban J connectivity index is 2.49. The topological polar surface area (TPSA) is 108 Å². The fourth-order valence-electron chi connectivity index (χ4n) is 4.24. The number of rotatable bonds is 13. The maximum Gasteiger partial charge on any atom is 0.408 e. The van der Waals surface area contributed by atoms with Gasteiger partial charge in [0.2, 0.25) is 11.8 Å². The van der Waals surface area contributed by atoms with E-state index in [0.29, 0.717) is 24.1 Å². The van der Waals surface area contributed by atoms with Crippen LogP contribution in [-0.4, -0.2) is 52.6 Å². The van der Waals surface area contributed by atoms with Gasteiger partial charge in [-0.1, -0.05) is 56.9 Å². The zero-order valence-electron chi connectivity index (χ0n) is 24.3. The van der Waals surface area contributed by atoms with Crippen LogP contribution in [0.4, 0.5) is 4.79 Å². The third-order valence-electron chi connectivity index (χ3n) is 6.15. The predicted molar refractivity (Wildman–Crippen MR) is 157 cm³/mol. The number of benzene rings is 2. The Kier molecular flexibility index (Phi) is 12.5. The maximum absolute atomic E-state index is 14.2. The van der Waals surface area contributed by atoms with Gasteiger partial charge in [0.15, 0.2) is 0 Å². The van der Waals surface area contributed by atoms with Crippen LogP contribution in [0.15, 0.2) is 48.5 Å². The van der Waals surface area contributed by atoms with Crippen molar-refractivity contribution < 1.29 is 24.2 Å². The molecule has 40 heavy (non-hydrogen) atoms. The minimum atomic E-state index is -1.02. The molecule has 2 atom stereocenters. The molecule has 2 aromatic rings. The Hall–Kier alpha value is -3.99. The monoisotopic (exact) mass is 549 g/mol. The average Bonchev–Trinajstić information content (AvgIpc) is 2.90. The van der Waals surface area contributed by atoms with Crippen molar-refractivity contribution in [3.05, 3.63) is 65.2 Å². The molecule has 0 saturated heterocycles. The number of phenols is 1. The standard InChI is InChI=1S/C32H43N3O5/c1-7-10-11-20-33-29(37)28(25-16-12-23(9-3)13-17-25)35(21-8-2)30(38)27(34-31(39)40-32(4,5)6)22-24-14-18-26(36)19-15-24/h3,12-19,27-28,36H,7-8,10-11,20-22H2,1-2,4-6H3,(H,33,37)(H,34,39). The molecule has 8 heteroatoms. The number of nitrogens with one attached hydrogen (secondary N) is 2. The van der Waals surface area contributed by atoms with Crippen LogP contribution < -0.4 is 10.6 Å². The van der Waals surface area contributed by atoms with E-state index in [1.807, 2.05) is 6.92 Å². The number of alkyl carbamates (subject to hydrolysis) is 1. The summed E-state index contributed by atoms with van der Waals surface area (Å²) in [7, 11) is 0. The van der Waals surface area contributed by atoms with E-state index in [2.05, 4.69) is 23.5 Å². The lowest BCUT2D eigenvalue weighted by Gasteiger charge is -2.34. The summed E-state index contributed by atoms with van der Waals surface area (Å²) in [6, 6.07) is 11.5. The number of phenolic OH excluding ortho intramolecular Hbond substituents is 1. The van der Waals surface area contributed by atoms with E-state index in [1.165, 1.54) is 17.0 Å². The first-order valence-corrected chi connectivity index (χ1v) is 13.9. The van der Waals surface area contributed by atoms with Crippen LogP contribution in [-0.2, 0) is 20.7 Å². The quantitative estimate of drug-likeness (QED) is 0.238. The molecule has 216 valence electrons. The molecule has 3 N–H and O–H groups in total. The van der Waals surface area contributed by atoms with Crippen molar-refractivity contribution in [1.82, 2.24) is 15.5 Å². The number of aromatic hydroxyl groups is 1. The summed E-state index contributed by atoms with van der Waals surface area (Å²) in [6.07, 6.45) is 8.35. The number of terminal acetylenes is 1. The number of nitrogens with zero attached hydrogens (tertiary/aromatic N) is 1. The molecule has 0 aliphatic rings. The third kappa shape index (κ3) is 10.3. The lowest BCUT2D eigenvalue weighted by Crippen LogP contribution is -2.54. The van der Waals surface area contributed by atoms with Crippen molar-refractivity contribution in [2.24, 2.45) is 0 Å². The number of amides is 3. The summed E-state index contributed by atoms with van der Waals surface area (Å²) in [5.41, 5.74) is 1.24. The van der Waals surface area contributed by atoms with Gasteiger partial charge in [-0.15, -0.1) is 6.42 Å². The molecule has 0 spiro atoms. The minimum Gasteiger partial charge on any atom is -0.508 e. The van der Waals surface area contributed by atoms with Gasteiger partial charge in [-0.3, -0.25) is 9.59 Å². The van der Waals surface area contributed by atoms with E-state index in [-0.39, 0.29) is 24.6 Å². The van der Waals surface area contributed by atoms with Crippen LogP contribution in [0.3, 0.4) is 0 Å². The molecule has 0 aliphatic heterocycles. The minimum absolute atomic E-state index is 0.0922. The lowest BCUT2D eigenvalue weighted by atomic mass is 9.99. The second-order valence-electron chi connectivity index (χ2n) is 10.8. The molecule has 0 heterocycles. The van der Waals surface area contributed by atoms with Crippen LogP contribution in [0.5, 0.6) is 5.75 Å². The van der Waals surface area contributed by atoms with Crippen LogP contribution in [0.25, 0.3) is 0 Å². The maximum atomic E-state index is 14.2. The number of hydrogen-bond donors (Lipinski definition) is 3. The van der Waals surface area contributed by atoms with Gasteiger partial charge in [-0.2, -0.15) is 0 Å². The van der Waals surface area contributed by atoms with Crippen molar-refractivity contribution in [3.63, 3.8) is 0 Å². The summed E-state index contributed by atoms with van der Waals surface area (Å²) in [5.74, 6) is 1.95. The average molecular weight is 550 g/mol. The summed E-state index contributed by atoms with van der Waals surface area (Å²) in [4.78, 5) is 42.2. The summed E-state index contributed by atoms with van der Waals surface area (Å²) >= 11 is 0. The highest BCUT2D eigenvalue weighted by Crippen LogP contribution is 2.25. The first-order valence-electron chi connectivity index (χ1n) is 13.9. The largest absolute Gasteiger partial charge is 0.508 e. The van der Waals surface area contributed by atoms with Crippen LogP contribution >= 0.6 is 0 Å². The highest BCUT2D eigenvalue weighted by Gasteiger charge is 2.36. The molecule has 8 nitrogen and oxygen atoms in total. The van der Waals surface area contributed by atoms with Crippen LogP contribution in [0.1, 0.15) is 83.0 Å². The van der Waals surface area contributed by atoms with E-state index in [0.717, 1.165) is 24.8 Å². The second kappa shape index (κ2) is 15.6. The zero-order valence-corrected chi connectivity index (χ0v) is 24.3. The smallest absolute Gasteiger partial charge is 0.408 e. The van der Waals surface area contributed by atoms with Crippen molar-refractivity contribution in [1.29, 1.82) is 0 Å². The Morgan fingerprint density at radius 1 is 1.00 bits per heavy atom. The number of carbonyl (C=O) groups is 3. The van der Waals surface area contributed by atoms with E-state index in [1.54, 1.807) is 57.2 Å². The van der Waals surface area contributed by atoms with E-state index in [4.69, 9.17) is 11.2 Å². The molecule has 2 aromatic carbocycles. The van der Waals surface area contributed by atoms with Crippen molar-refractivity contribution in [2.45, 2.75) is 84.4 Å². The molecule has 2 rings (SSSR count). The number of ether oxygens (including phenoxy) is 1. The molecule has 0 radical (unpaired) electrons. The molecule has 0 aromatic heterocycles. The van der Waals surface area contributed by atoms with Gasteiger partial charge >= 0.3 is 6.09 Å². The summed E-state index contributed by atoms with van der Waals surface area (Å²) in [5, 5.41) is 15.4. The first-order chi connectivity index (χ1) is 19.0. The van der Waals surface area contributed by atoms with Crippen LogP contribution in [0, 0.1) is 12.3 Å². The first kappa shape index (κ1) is 32.2. The van der Waals surface area contributed by atoms with Gasteiger partial charge in [0.1, 0.15) is 23.4 Å². The Labute approximate surface area is 238 Å². The van der Waals surface area contributed by atoms with Crippen LogP contribution in [0.2, 0.25) is 0 Å². The second-order valence-corrected chi connectivity index (χ2v) is 10.8. The van der Waals surface area contributed by atoms with E-state index < -0.39 is 29.7 Å². The molecular formula is C32H43N3O5. The molecule has 0 bridgehead atoms. The number of unbranched alkanes of at least 4 members (excludes halogenated alkanes) is 2. The molecule has 0 fully saturated rings. The summed E-state index contributed by atoms with van der Waals surface area (Å²) in [6.45, 7) is 10.0.